The summed E-state index contributed by atoms with van der Waals surface area (Å²) in [6.07, 6.45) is 3.35. The quantitative estimate of drug-likeness (QED) is 0.791. The molecule has 0 bridgehead atoms. The van der Waals surface area contributed by atoms with Gasteiger partial charge in [0.05, 0.1) is 6.61 Å². The molecule has 4 nitrogen and oxygen atoms in total. The van der Waals surface area contributed by atoms with E-state index in [1.54, 1.807) is 0 Å². The van der Waals surface area contributed by atoms with Crippen LogP contribution in [0.5, 0.6) is 17.2 Å². The molecule has 132 valence electrons. The summed E-state index contributed by atoms with van der Waals surface area (Å²) in [5, 5.41) is 3.65. The normalized spacial score (nSPS) is 21.5. The van der Waals surface area contributed by atoms with Crippen LogP contribution in [-0.4, -0.2) is 19.9 Å². The molecule has 0 amide bonds. The van der Waals surface area contributed by atoms with Crippen molar-refractivity contribution < 1.29 is 14.2 Å². The fraction of sp³-hybridized carbons (Fsp3) is 0.429. The van der Waals surface area contributed by atoms with Crippen molar-refractivity contribution in [3.8, 4) is 17.2 Å². The lowest BCUT2D eigenvalue weighted by molar-refractivity contribution is 0.174. The molecule has 1 N–H and O–H groups in total. The number of benzene rings is 2. The Hall–Kier alpha value is -2.20. The molecule has 0 saturated carbocycles. The predicted octanol–water partition coefficient (Wildman–Crippen LogP) is 4.41. The highest BCUT2D eigenvalue weighted by Gasteiger charge is 2.27. The summed E-state index contributed by atoms with van der Waals surface area (Å²) in [6, 6.07) is 15.2. The Balaban J connectivity index is 1.38. The molecule has 1 saturated heterocycles. The molecule has 2 heterocycles. The largest absolute Gasteiger partial charge is 0.494 e. The summed E-state index contributed by atoms with van der Waals surface area (Å²) in [7, 11) is 0. The molecular weight excluding hydrogens is 314 g/mol. The van der Waals surface area contributed by atoms with Crippen LogP contribution in [0.2, 0.25) is 0 Å². The van der Waals surface area contributed by atoms with Crippen molar-refractivity contribution in [1.82, 2.24) is 5.32 Å². The van der Waals surface area contributed by atoms with E-state index in [4.69, 9.17) is 14.2 Å². The van der Waals surface area contributed by atoms with Gasteiger partial charge in [0.2, 0.25) is 6.79 Å². The van der Waals surface area contributed by atoms with Gasteiger partial charge in [0.25, 0.3) is 0 Å². The van der Waals surface area contributed by atoms with Crippen LogP contribution in [0.3, 0.4) is 0 Å². The zero-order chi connectivity index (χ0) is 17.1. The molecule has 2 aliphatic heterocycles. The number of ether oxygens (including phenoxy) is 3. The maximum atomic E-state index is 5.75. The minimum absolute atomic E-state index is 0.330. The van der Waals surface area contributed by atoms with E-state index in [0.717, 1.165) is 49.7 Å². The molecule has 2 aromatic rings. The molecule has 4 rings (SSSR count). The van der Waals surface area contributed by atoms with Crippen molar-refractivity contribution in [2.45, 2.75) is 38.1 Å². The van der Waals surface area contributed by atoms with E-state index < -0.39 is 0 Å². The second-order valence-corrected chi connectivity index (χ2v) is 6.78. The SMILES string of the molecule is CCCCOc1ccc(C2CC(c3ccc4c(c3)OCO4)CN2)cc1. The van der Waals surface area contributed by atoms with Gasteiger partial charge in [-0.2, -0.15) is 0 Å². The van der Waals surface area contributed by atoms with Gasteiger partial charge in [-0.3, -0.25) is 0 Å². The van der Waals surface area contributed by atoms with Gasteiger partial charge in [-0.15, -0.1) is 0 Å². The van der Waals surface area contributed by atoms with Crippen LogP contribution in [0.1, 0.15) is 49.3 Å². The molecule has 0 spiro atoms. The molecule has 2 atom stereocenters. The van der Waals surface area contributed by atoms with Gasteiger partial charge in [-0.05, 0) is 54.2 Å². The van der Waals surface area contributed by atoms with Crippen LogP contribution in [0.25, 0.3) is 0 Å². The fourth-order valence-electron chi connectivity index (χ4n) is 3.54. The molecule has 1 fully saturated rings. The molecule has 0 aliphatic carbocycles. The third-order valence-electron chi connectivity index (χ3n) is 5.05. The van der Waals surface area contributed by atoms with Gasteiger partial charge < -0.3 is 19.5 Å². The summed E-state index contributed by atoms with van der Waals surface area (Å²) < 4.78 is 16.7. The Labute approximate surface area is 149 Å². The summed E-state index contributed by atoms with van der Waals surface area (Å²) >= 11 is 0. The number of hydrogen-bond acceptors (Lipinski definition) is 4. The number of hydrogen-bond donors (Lipinski definition) is 1. The second-order valence-electron chi connectivity index (χ2n) is 6.78. The molecule has 2 aliphatic rings. The van der Waals surface area contributed by atoms with Crippen LogP contribution < -0.4 is 19.5 Å². The van der Waals surface area contributed by atoms with Crippen molar-refractivity contribution in [3.63, 3.8) is 0 Å². The van der Waals surface area contributed by atoms with Crippen molar-refractivity contribution in [2.75, 3.05) is 19.9 Å². The number of nitrogens with one attached hydrogen (secondary N) is 1. The average molecular weight is 339 g/mol. The van der Waals surface area contributed by atoms with Crippen LogP contribution in [-0.2, 0) is 0 Å². The summed E-state index contributed by atoms with van der Waals surface area (Å²) in [6.45, 7) is 4.29. The monoisotopic (exact) mass is 339 g/mol. The second kappa shape index (κ2) is 7.36. The Morgan fingerprint density at radius 2 is 1.84 bits per heavy atom. The molecule has 0 aromatic heterocycles. The van der Waals surface area contributed by atoms with Crippen LogP contribution in [0.4, 0.5) is 0 Å². The van der Waals surface area contributed by atoms with Gasteiger partial charge in [0.1, 0.15) is 5.75 Å². The standard InChI is InChI=1S/C21H25NO3/c1-2-3-10-23-18-7-4-15(5-8-18)19-11-17(13-22-19)16-6-9-20-21(12-16)25-14-24-20/h4-9,12,17,19,22H,2-3,10-11,13-14H2,1H3. The van der Waals surface area contributed by atoms with Crippen LogP contribution >= 0.6 is 0 Å². The summed E-state index contributed by atoms with van der Waals surface area (Å²) in [5.74, 6) is 3.18. The van der Waals surface area contributed by atoms with Gasteiger partial charge in [0.15, 0.2) is 11.5 Å². The van der Waals surface area contributed by atoms with Gasteiger partial charge >= 0.3 is 0 Å². The fourth-order valence-corrected chi connectivity index (χ4v) is 3.54. The van der Waals surface area contributed by atoms with E-state index in [1.165, 1.54) is 11.1 Å². The molecular formula is C21H25NO3. The number of unbranched alkanes of at least 4 members (excludes halogenated alkanes) is 1. The number of rotatable bonds is 6. The summed E-state index contributed by atoms with van der Waals surface area (Å²) in [4.78, 5) is 0. The molecule has 2 aromatic carbocycles. The highest BCUT2D eigenvalue weighted by Crippen LogP contribution is 2.39. The topological polar surface area (TPSA) is 39.7 Å². The molecule has 4 heteroatoms. The lowest BCUT2D eigenvalue weighted by atomic mass is 9.93. The molecule has 0 radical (unpaired) electrons. The molecule has 2 unspecified atom stereocenters. The van der Waals surface area contributed by atoms with E-state index in [0.29, 0.717) is 18.8 Å². The smallest absolute Gasteiger partial charge is 0.231 e. The van der Waals surface area contributed by atoms with Crippen LogP contribution in [0, 0.1) is 0 Å². The summed E-state index contributed by atoms with van der Waals surface area (Å²) in [5.41, 5.74) is 2.64. The van der Waals surface area contributed by atoms with Crippen molar-refractivity contribution >= 4 is 0 Å². The predicted molar refractivity (Wildman–Crippen MR) is 97.5 cm³/mol. The van der Waals surface area contributed by atoms with Gasteiger partial charge in [0, 0.05) is 12.6 Å². The van der Waals surface area contributed by atoms with Crippen molar-refractivity contribution in [1.29, 1.82) is 0 Å². The maximum absolute atomic E-state index is 5.75. The Kier molecular flexibility index (Phi) is 4.79. The zero-order valence-electron chi connectivity index (χ0n) is 14.7. The van der Waals surface area contributed by atoms with E-state index >= 15 is 0 Å². The lowest BCUT2D eigenvalue weighted by Gasteiger charge is -2.13. The first-order valence-electron chi connectivity index (χ1n) is 9.19. The minimum Gasteiger partial charge on any atom is -0.494 e. The first-order chi connectivity index (χ1) is 12.3. The minimum atomic E-state index is 0.330. The van der Waals surface area contributed by atoms with Crippen LogP contribution in [0.15, 0.2) is 42.5 Å². The van der Waals surface area contributed by atoms with Gasteiger partial charge in [-0.1, -0.05) is 31.5 Å². The third kappa shape index (κ3) is 3.59. The third-order valence-corrected chi connectivity index (χ3v) is 5.05. The highest BCUT2D eigenvalue weighted by molar-refractivity contribution is 5.46. The average Bonchev–Trinajstić information content (AvgIpc) is 3.31. The highest BCUT2D eigenvalue weighted by atomic mass is 16.7. The Morgan fingerprint density at radius 1 is 1.04 bits per heavy atom. The van der Waals surface area contributed by atoms with E-state index in [2.05, 4.69) is 48.6 Å². The van der Waals surface area contributed by atoms with Crippen molar-refractivity contribution in [2.24, 2.45) is 0 Å². The Morgan fingerprint density at radius 3 is 2.68 bits per heavy atom. The van der Waals surface area contributed by atoms with E-state index in [1.807, 2.05) is 6.07 Å². The first-order valence-corrected chi connectivity index (χ1v) is 9.19. The number of fused-ring (bicyclic) bond motifs is 1. The van der Waals surface area contributed by atoms with Crippen molar-refractivity contribution in [3.05, 3.63) is 53.6 Å². The van der Waals surface area contributed by atoms with Gasteiger partial charge in [-0.25, -0.2) is 0 Å². The van der Waals surface area contributed by atoms with E-state index in [-0.39, 0.29) is 0 Å². The molecule has 25 heavy (non-hydrogen) atoms. The zero-order valence-corrected chi connectivity index (χ0v) is 14.7. The van der Waals surface area contributed by atoms with E-state index in [9.17, 15) is 0 Å². The Bertz CT molecular complexity index is 714. The lowest BCUT2D eigenvalue weighted by Crippen LogP contribution is -2.13. The first kappa shape index (κ1) is 16.3. The maximum Gasteiger partial charge on any atom is 0.231 e.